The van der Waals surface area contributed by atoms with E-state index in [1.54, 1.807) is 6.07 Å². The van der Waals surface area contributed by atoms with Crippen molar-refractivity contribution < 1.29 is 12.9 Å². The normalized spacial score (nSPS) is 19.8. The molecule has 1 aromatic heterocycles. The molecule has 1 aliphatic rings. The Kier molecular flexibility index (Phi) is 4.79. The van der Waals surface area contributed by atoms with Gasteiger partial charge >= 0.3 is 0 Å². The van der Waals surface area contributed by atoms with Crippen LogP contribution in [0.4, 0.5) is 0 Å². The van der Waals surface area contributed by atoms with E-state index in [2.05, 4.69) is 16.8 Å². The summed E-state index contributed by atoms with van der Waals surface area (Å²) in [6.07, 6.45) is 1.98. The number of hydrogen-bond donors (Lipinski definition) is 1. The van der Waals surface area contributed by atoms with Crippen LogP contribution in [0, 0.1) is 5.92 Å². The molecule has 1 saturated heterocycles. The number of piperidine rings is 1. The summed E-state index contributed by atoms with van der Waals surface area (Å²) in [7, 11) is -3.47. The summed E-state index contributed by atoms with van der Waals surface area (Å²) in [5.41, 5.74) is 1.64. The molecule has 1 aliphatic heterocycles. The van der Waals surface area contributed by atoms with Gasteiger partial charge in [-0.15, -0.1) is 0 Å². The summed E-state index contributed by atoms with van der Waals surface area (Å²) in [6.45, 7) is 3.32. The van der Waals surface area contributed by atoms with Gasteiger partial charge in [0.15, 0.2) is 5.76 Å². The van der Waals surface area contributed by atoms with Crippen LogP contribution in [-0.4, -0.2) is 31.0 Å². The van der Waals surface area contributed by atoms with Crippen LogP contribution in [0.3, 0.4) is 0 Å². The lowest BCUT2D eigenvalue weighted by atomic mass is 10.0. The minimum absolute atomic E-state index is 0.104. The number of rotatable bonds is 5. The molecule has 1 aromatic carbocycles. The van der Waals surface area contributed by atoms with Crippen LogP contribution in [0.15, 0.2) is 40.9 Å². The average molecular weight is 335 g/mol. The molecule has 2 heterocycles. The molecular weight excluding hydrogens is 314 g/mol. The molecule has 6 nitrogen and oxygen atoms in total. The van der Waals surface area contributed by atoms with E-state index in [0.29, 0.717) is 30.5 Å². The van der Waals surface area contributed by atoms with Crippen molar-refractivity contribution >= 4 is 10.2 Å². The quantitative estimate of drug-likeness (QED) is 0.910. The molecule has 7 heteroatoms. The van der Waals surface area contributed by atoms with E-state index in [9.17, 15) is 8.42 Å². The van der Waals surface area contributed by atoms with Gasteiger partial charge in [0, 0.05) is 24.7 Å². The number of aromatic nitrogens is 1. The monoisotopic (exact) mass is 335 g/mol. The van der Waals surface area contributed by atoms with E-state index in [-0.39, 0.29) is 6.54 Å². The molecule has 0 saturated carbocycles. The van der Waals surface area contributed by atoms with Crippen molar-refractivity contribution in [2.45, 2.75) is 26.3 Å². The molecule has 0 amide bonds. The zero-order chi connectivity index (χ0) is 16.3. The molecule has 1 atom stereocenters. The first-order valence-corrected chi connectivity index (χ1v) is 9.24. The fourth-order valence-corrected chi connectivity index (χ4v) is 4.09. The Hall–Kier alpha value is -1.70. The molecule has 3 rings (SSSR count). The minimum atomic E-state index is -3.47. The number of benzene rings is 1. The summed E-state index contributed by atoms with van der Waals surface area (Å²) >= 11 is 0. The molecule has 0 unspecified atom stereocenters. The van der Waals surface area contributed by atoms with Gasteiger partial charge in [-0.05, 0) is 18.8 Å². The van der Waals surface area contributed by atoms with Crippen molar-refractivity contribution in [3.8, 4) is 11.3 Å². The van der Waals surface area contributed by atoms with Crippen molar-refractivity contribution in [1.29, 1.82) is 0 Å². The van der Waals surface area contributed by atoms with E-state index in [1.165, 1.54) is 4.31 Å². The summed E-state index contributed by atoms with van der Waals surface area (Å²) in [5.74, 6) is 0.896. The highest BCUT2D eigenvalue weighted by Crippen LogP contribution is 2.20. The van der Waals surface area contributed by atoms with Crippen molar-refractivity contribution in [2.75, 3.05) is 13.1 Å². The first-order valence-electron chi connectivity index (χ1n) is 7.80. The Morgan fingerprint density at radius 2 is 2.13 bits per heavy atom. The van der Waals surface area contributed by atoms with Crippen LogP contribution in [0.25, 0.3) is 11.3 Å². The van der Waals surface area contributed by atoms with E-state index in [1.807, 2.05) is 30.3 Å². The summed E-state index contributed by atoms with van der Waals surface area (Å²) in [4.78, 5) is 0. The zero-order valence-electron chi connectivity index (χ0n) is 13.1. The van der Waals surface area contributed by atoms with Gasteiger partial charge in [0.25, 0.3) is 10.2 Å². The maximum Gasteiger partial charge on any atom is 0.279 e. The molecule has 1 N–H and O–H groups in total. The number of nitrogens with one attached hydrogen (secondary N) is 1. The topological polar surface area (TPSA) is 75.4 Å². The van der Waals surface area contributed by atoms with Crippen LogP contribution in [0.1, 0.15) is 25.5 Å². The summed E-state index contributed by atoms with van der Waals surface area (Å²) in [6, 6.07) is 11.4. The third-order valence-electron chi connectivity index (χ3n) is 4.02. The molecule has 0 bridgehead atoms. The first kappa shape index (κ1) is 16.2. The highest BCUT2D eigenvalue weighted by atomic mass is 32.2. The standard InChI is InChI=1S/C16H21N3O3S/c1-13-6-5-9-19(12-13)23(20,21)17-11-15-10-16(18-22-15)14-7-3-2-4-8-14/h2-4,7-8,10,13,17H,5-6,9,11-12H2,1H3/t13-/m1/s1. The van der Waals surface area contributed by atoms with Crippen LogP contribution >= 0.6 is 0 Å². The molecule has 0 radical (unpaired) electrons. The smallest absolute Gasteiger partial charge is 0.279 e. The zero-order valence-corrected chi connectivity index (χ0v) is 13.9. The Labute approximate surface area is 136 Å². The Morgan fingerprint density at radius 3 is 2.87 bits per heavy atom. The number of hydrogen-bond acceptors (Lipinski definition) is 4. The van der Waals surface area contributed by atoms with Crippen molar-refractivity contribution in [2.24, 2.45) is 5.92 Å². The minimum Gasteiger partial charge on any atom is -0.359 e. The van der Waals surface area contributed by atoms with E-state index < -0.39 is 10.2 Å². The van der Waals surface area contributed by atoms with Crippen LogP contribution in [-0.2, 0) is 16.8 Å². The molecule has 1 fully saturated rings. The van der Waals surface area contributed by atoms with E-state index in [0.717, 1.165) is 18.4 Å². The fraction of sp³-hybridized carbons (Fsp3) is 0.438. The van der Waals surface area contributed by atoms with Gasteiger partial charge in [-0.2, -0.15) is 17.4 Å². The Balaban J connectivity index is 1.63. The Morgan fingerprint density at radius 1 is 1.35 bits per heavy atom. The third kappa shape index (κ3) is 3.99. The molecule has 2 aromatic rings. The fourth-order valence-electron chi connectivity index (χ4n) is 2.76. The predicted molar refractivity (Wildman–Crippen MR) is 87.7 cm³/mol. The molecule has 0 aliphatic carbocycles. The first-order chi connectivity index (χ1) is 11.0. The van der Waals surface area contributed by atoms with Crippen molar-refractivity contribution in [3.63, 3.8) is 0 Å². The predicted octanol–water partition coefficient (Wildman–Crippen LogP) is 2.41. The lowest BCUT2D eigenvalue weighted by molar-refractivity contribution is 0.277. The molecule has 23 heavy (non-hydrogen) atoms. The third-order valence-corrected chi connectivity index (χ3v) is 5.54. The SMILES string of the molecule is C[C@@H]1CCCN(S(=O)(=O)NCc2cc(-c3ccccc3)no2)C1. The summed E-state index contributed by atoms with van der Waals surface area (Å²) < 4.78 is 34.0. The highest BCUT2D eigenvalue weighted by molar-refractivity contribution is 7.87. The lowest BCUT2D eigenvalue weighted by Crippen LogP contribution is -2.45. The van der Waals surface area contributed by atoms with Crippen LogP contribution in [0.2, 0.25) is 0 Å². The number of nitrogens with zero attached hydrogens (tertiary/aromatic N) is 2. The lowest BCUT2D eigenvalue weighted by Gasteiger charge is -2.29. The maximum atomic E-state index is 12.3. The van der Waals surface area contributed by atoms with Crippen molar-refractivity contribution in [3.05, 3.63) is 42.2 Å². The van der Waals surface area contributed by atoms with Gasteiger partial charge < -0.3 is 4.52 Å². The highest BCUT2D eigenvalue weighted by Gasteiger charge is 2.26. The van der Waals surface area contributed by atoms with Crippen LogP contribution < -0.4 is 4.72 Å². The van der Waals surface area contributed by atoms with Gasteiger partial charge in [-0.25, -0.2) is 0 Å². The van der Waals surface area contributed by atoms with E-state index in [4.69, 9.17) is 4.52 Å². The van der Waals surface area contributed by atoms with Crippen LogP contribution in [0.5, 0.6) is 0 Å². The van der Waals surface area contributed by atoms with Gasteiger partial charge in [-0.3, -0.25) is 0 Å². The van der Waals surface area contributed by atoms with Crippen molar-refractivity contribution in [1.82, 2.24) is 14.2 Å². The van der Waals surface area contributed by atoms with E-state index >= 15 is 0 Å². The second-order valence-electron chi connectivity index (χ2n) is 5.98. The molecule has 124 valence electrons. The maximum absolute atomic E-state index is 12.3. The summed E-state index contributed by atoms with van der Waals surface area (Å²) in [5, 5.41) is 3.99. The van der Waals surface area contributed by atoms with Gasteiger partial charge in [-0.1, -0.05) is 42.4 Å². The second kappa shape index (κ2) is 6.82. The second-order valence-corrected chi connectivity index (χ2v) is 7.73. The van der Waals surface area contributed by atoms with Gasteiger partial charge in [0.05, 0.1) is 6.54 Å². The van der Waals surface area contributed by atoms with Gasteiger partial charge in [0.2, 0.25) is 0 Å². The average Bonchev–Trinajstić information content (AvgIpc) is 3.03. The molecular formula is C16H21N3O3S. The molecule has 0 spiro atoms. The largest absolute Gasteiger partial charge is 0.359 e. The Bertz CT molecular complexity index is 743. The van der Waals surface area contributed by atoms with Gasteiger partial charge in [0.1, 0.15) is 5.69 Å².